The zero-order valence-corrected chi connectivity index (χ0v) is 13.7. The number of quaternary nitrogens is 1. The first-order valence-corrected chi connectivity index (χ1v) is 7.77. The number of halogens is 1. The van der Waals surface area contributed by atoms with Crippen LogP contribution in [0, 0.1) is 0 Å². The second-order valence-electron chi connectivity index (χ2n) is 5.18. The van der Waals surface area contributed by atoms with Gasteiger partial charge in [0.2, 0.25) is 0 Å². The molecule has 0 saturated carbocycles. The van der Waals surface area contributed by atoms with Crippen molar-refractivity contribution in [3.05, 3.63) is 58.5 Å². The molecule has 1 aromatic heterocycles. The summed E-state index contributed by atoms with van der Waals surface area (Å²) >= 11 is 3.54. The largest absolute Gasteiger partial charge is 0.467 e. The summed E-state index contributed by atoms with van der Waals surface area (Å²) < 4.78 is 11.7. The van der Waals surface area contributed by atoms with E-state index >= 15 is 0 Å². The molecule has 2 N–H and O–H groups in total. The summed E-state index contributed by atoms with van der Waals surface area (Å²) in [6.45, 7) is 2.21. The van der Waals surface area contributed by atoms with Crippen molar-refractivity contribution in [3.8, 4) is 0 Å². The minimum Gasteiger partial charge on any atom is -0.467 e. The molecule has 0 fully saturated rings. The molecule has 5 heteroatoms. The van der Waals surface area contributed by atoms with Crippen molar-refractivity contribution in [2.24, 2.45) is 0 Å². The number of ether oxygens (including phenoxy) is 1. The Bertz CT molecular complexity index is 530. The lowest BCUT2D eigenvalue weighted by Gasteiger charge is -2.18. The maximum atomic E-state index is 10.0. The van der Waals surface area contributed by atoms with E-state index in [2.05, 4.69) is 29.0 Å². The lowest BCUT2D eigenvalue weighted by molar-refractivity contribution is -0.897. The number of benzene rings is 1. The monoisotopic (exact) mass is 354 g/mol. The van der Waals surface area contributed by atoms with Gasteiger partial charge >= 0.3 is 0 Å². The second kappa shape index (κ2) is 8.34. The summed E-state index contributed by atoms with van der Waals surface area (Å²) in [5.74, 6) is 0.774. The predicted octanol–water partition coefficient (Wildman–Crippen LogP) is 1.63. The van der Waals surface area contributed by atoms with Crippen LogP contribution in [0.3, 0.4) is 0 Å². The number of hydrogen-bond donors (Lipinski definition) is 2. The van der Waals surface area contributed by atoms with Crippen LogP contribution in [0.4, 0.5) is 0 Å². The van der Waals surface area contributed by atoms with Gasteiger partial charge in [0.15, 0.2) is 0 Å². The van der Waals surface area contributed by atoms with Crippen LogP contribution in [-0.2, 0) is 17.9 Å². The Balaban J connectivity index is 1.69. The van der Waals surface area contributed by atoms with Crippen molar-refractivity contribution in [3.63, 3.8) is 0 Å². The third-order valence-electron chi connectivity index (χ3n) is 3.17. The predicted molar refractivity (Wildman–Crippen MR) is 84.0 cm³/mol. The van der Waals surface area contributed by atoms with Crippen LogP contribution in [-0.4, -0.2) is 31.4 Å². The molecule has 0 aliphatic carbocycles. The Morgan fingerprint density at radius 2 is 2.10 bits per heavy atom. The summed E-state index contributed by atoms with van der Waals surface area (Å²) in [6, 6.07) is 11.8. The van der Waals surface area contributed by atoms with Gasteiger partial charge in [-0.1, -0.05) is 34.1 Å². The van der Waals surface area contributed by atoms with Crippen LogP contribution in [0.1, 0.15) is 11.3 Å². The molecule has 2 atom stereocenters. The van der Waals surface area contributed by atoms with Gasteiger partial charge in [-0.25, -0.2) is 0 Å². The number of furan rings is 1. The van der Waals surface area contributed by atoms with Gasteiger partial charge in [-0.15, -0.1) is 0 Å². The van der Waals surface area contributed by atoms with Gasteiger partial charge in [0.05, 0.1) is 19.9 Å². The Labute approximate surface area is 133 Å². The normalized spacial score (nSPS) is 14.0. The molecule has 0 aliphatic rings. The molecule has 2 rings (SSSR count). The second-order valence-corrected chi connectivity index (χ2v) is 6.03. The SMILES string of the molecule is C[NH+](Cc1ccccc1Br)C[C@@H](O)COCc1ccco1. The standard InChI is InChI=1S/C16H20BrNO3/c1-18(9-13-5-2-3-7-16(13)17)10-14(19)11-20-12-15-6-4-8-21-15/h2-8,14,19H,9-12H2,1H3/p+1/t14-/m1/s1. The minimum atomic E-state index is -0.484. The highest BCUT2D eigenvalue weighted by atomic mass is 79.9. The van der Waals surface area contributed by atoms with Crippen molar-refractivity contribution in [1.29, 1.82) is 0 Å². The molecule has 21 heavy (non-hydrogen) atoms. The summed E-state index contributed by atoms with van der Waals surface area (Å²) in [6.07, 6.45) is 1.13. The van der Waals surface area contributed by atoms with Crippen LogP contribution < -0.4 is 4.90 Å². The van der Waals surface area contributed by atoms with Gasteiger partial charge in [-0.3, -0.25) is 0 Å². The number of aliphatic hydroxyl groups excluding tert-OH is 1. The number of hydrogen-bond acceptors (Lipinski definition) is 3. The van der Waals surface area contributed by atoms with Gasteiger partial charge in [0.1, 0.15) is 31.6 Å². The van der Waals surface area contributed by atoms with Gasteiger partial charge in [-0.2, -0.15) is 0 Å². The van der Waals surface area contributed by atoms with Crippen LogP contribution in [0.25, 0.3) is 0 Å². The first-order chi connectivity index (χ1) is 10.1. The van der Waals surface area contributed by atoms with Crippen molar-refractivity contribution in [2.45, 2.75) is 19.3 Å². The average Bonchev–Trinajstić information content (AvgIpc) is 2.94. The Kier molecular flexibility index (Phi) is 6.45. The molecule has 0 spiro atoms. The van der Waals surface area contributed by atoms with E-state index in [1.165, 1.54) is 10.5 Å². The van der Waals surface area contributed by atoms with E-state index in [9.17, 15) is 5.11 Å². The zero-order chi connectivity index (χ0) is 15.1. The summed E-state index contributed by atoms with van der Waals surface area (Å²) in [7, 11) is 2.06. The summed E-state index contributed by atoms with van der Waals surface area (Å²) in [5.41, 5.74) is 1.23. The summed E-state index contributed by atoms with van der Waals surface area (Å²) in [4.78, 5) is 1.23. The fourth-order valence-electron chi connectivity index (χ4n) is 2.19. The van der Waals surface area contributed by atoms with Crippen molar-refractivity contribution >= 4 is 15.9 Å². The fourth-order valence-corrected chi connectivity index (χ4v) is 2.62. The number of rotatable bonds is 8. The van der Waals surface area contributed by atoms with Crippen molar-refractivity contribution in [1.82, 2.24) is 0 Å². The highest BCUT2D eigenvalue weighted by Crippen LogP contribution is 2.14. The van der Waals surface area contributed by atoms with Gasteiger partial charge in [0, 0.05) is 10.0 Å². The maximum absolute atomic E-state index is 10.0. The van der Waals surface area contributed by atoms with E-state index in [-0.39, 0.29) is 0 Å². The number of likely N-dealkylation sites (N-methyl/N-ethyl adjacent to an activating group) is 1. The molecule has 4 nitrogen and oxygen atoms in total. The summed E-state index contributed by atoms with van der Waals surface area (Å²) in [5, 5.41) is 10.0. The van der Waals surface area contributed by atoms with E-state index < -0.39 is 6.10 Å². The first-order valence-electron chi connectivity index (χ1n) is 6.98. The van der Waals surface area contributed by atoms with Crippen LogP contribution in [0.5, 0.6) is 0 Å². The first kappa shape index (κ1) is 16.2. The number of nitrogens with one attached hydrogen (secondary N) is 1. The number of aliphatic hydroxyl groups is 1. The molecule has 1 aromatic carbocycles. The van der Waals surface area contributed by atoms with Crippen LogP contribution in [0.15, 0.2) is 51.6 Å². The molecule has 0 aliphatic heterocycles. The molecule has 0 amide bonds. The fraction of sp³-hybridized carbons (Fsp3) is 0.375. The lowest BCUT2D eigenvalue weighted by atomic mass is 10.2. The molecule has 0 bridgehead atoms. The molecule has 114 valence electrons. The molecular weight excluding hydrogens is 334 g/mol. The molecule has 0 saturated heterocycles. The van der Waals surface area contributed by atoms with E-state index in [1.807, 2.05) is 30.3 Å². The Morgan fingerprint density at radius 3 is 2.81 bits per heavy atom. The van der Waals surface area contributed by atoms with Gasteiger partial charge in [0.25, 0.3) is 0 Å². The van der Waals surface area contributed by atoms with E-state index in [1.54, 1.807) is 6.26 Å². The molecule has 1 heterocycles. The van der Waals surface area contributed by atoms with E-state index in [0.29, 0.717) is 19.8 Å². The lowest BCUT2D eigenvalue weighted by Crippen LogP contribution is -3.09. The molecule has 2 aromatic rings. The Morgan fingerprint density at radius 1 is 1.29 bits per heavy atom. The van der Waals surface area contributed by atoms with E-state index in [4.69, 9.17) is 9.15 Å². The average molecular weight is 355 g/mol. The van der Waals surface area contributed by atoms with Crippen molar-refractivity contribution < 1.29 is 19.2 Å². The zero-order valence-electron chi connectivity index (χ0n) is 12.1. The third kappa shape index (κ3) is 5.63. The molecule has 1 unspecified atom stereocenters. The quantitative estimate of drug-likeness (QED) is 0.757. The molecule has 0 radical (unpaired) electrons. The Hall–Kier alpha value is -1.14. The van der Waals surface area contributed by atoms with Crippen molar-refractivity contribution in [2.75, 3.05) is 20.2 Å². The highest BCUT2D eigenvalue weighted by Gasteiger charge is 2.13. The van der Waals surface area contributed by atoms with Gasteiger partial charge in [-0.05, 0) is 18.2 Å². The minimum absolute atomic E-state index is 0.313. The van der Waals surface area contributed by atoms with Crippen LogP contribution >= 0.6 is 15.9 Å². The highest BCUT2D eigenvalue weighted by molar-refractivity contribution is 9.10. The third-order valence-corrected chi connectivity index (χ3v) is 3.94. The van der Waals surface area contributed by atoms with E-state index in [0.717, 1.165) is 16.8 Å². The van der Waals surface area contributed by atoms with Crippen LogP contribution in [0.2, 0.25) is 0 Å². The molecular formula is C16H21BrNO3+. The smallest absolute Gasteiger partial charge is 0.129 e. The van der Waals surface area contributed by atoms with Gasteiger partial charge < -0.3 is 19.2 Å². The topological polar surface area (TPSA) is 47.0 Å². The maximum Gasteiger partial charge on any atom is 0.129 e.